The highest BCUT2D eigenvalue weighted by Crippen LogP contribution is 2.08. The van der Waals surface area contributed by atoms with E-state index in [4.69, 9.17) is 4.74 Å². The molecular formula is C17H27FN4O2. The number of rotatable bonds is 9. The summed E-state index contributed by atoms with van der Waals surface area (Å²) in [5, 5.41) is 9.01. The molecule has 1 rings (SSSR count). The molecule has 134 valence electrons. The van der Waals surface area contributed by atoms with Crippen molar-refractivity contribution in [2.45, 2.75) is 20.3 Å². The average Bonchev–Trinajstić information content (AvgIpc) is 2.57. The maximum atomic E-state index is 13.5. The zero-order valence-electron chi connectivity index (χ0n) is 14.6. The third-order valence-electron chi connectivity index (χ3n) is 3.26. The van der Waals surface area contributed by atoms with E-state index in [0.29, 0.717) is 43.3 Å². The van der Waals surface area contributed by atoms with Gasteiger partial charge in [-0.25, -0.2) is 4.39 Å². The van der Waals surface area contributed by atoms with E-state index in [0.717, 1.165) is 13.0 Å². The number of nitrogens with zero attached hydrogens (tertiary/aromatic N) is 1. The molecule has 7 heteroatoms. The zero-order valence-corrected chi connectivity index (χ0v) is 14.6. The van der Waals surface area contributed by atoms with E-state index < -0.39 is 0 Å². The number of benzene rings is 1. The van der Waals surface area contributed by atoms with Crippen molar-refractivity contribution in [2.24, 2.45) is 4.99 Å². The van der Waals surface area contributed by atoms with E-state index in [1.165, 1.54) is 6.07 Å². The third-order valence-corrected chi connectivity index (χ3v) is 3.26. The van der Waals surface area contributed by atoms with Crippen LogP contribution in [0, 0.1) is 12.7 Å². The standard InChI is InChI=1S/C17H27FN4O2/c1-4-19-17(21-8-5-11-24-3)22-10-9-20-16(23)14-7-6-13(2)15(18)12-14/h6-7,12H,4-5,8-11H2,1-3H3,(H,20,23)(H2,19,21,22). The lowest BCUT2D eigenvalue weighted by Crippen LogP contribution is -2.41. The van der Waals surface area contributed by atoms with Gasteiger partial charge in [0.25, 0.3) is 5.91 Å². The quantitative estimate of drug-likeness (QED) is 0.362. The monoisotopic (exact) mass is 338 g/mol. The van der Waals surface area contributed by atoms with Crippen molar-refractivity contribution >= 4 is 11.9 Å². The van der Waals surface area contributed by atoms with Crippen LogP contribution in [0.15, 0.2) is 23.2 Å². The number of methoxy groups -OCH3 is 1. The molecule has 0 radical (unpaired) electrons. The Kier molecular flexibility index (Phi) is 9.45. The van der Waals surface area contributed by atoms with E-state index in [-0.39, 0.29) is 11.7 Å². The smallest absolute Gasteiger partial charge is 0.251 e. The SMILES string of the molecule is CCNC(=NCCCOC)NCCNC(=O)c1ccc(C)c(F)c1. The third kappa shape index (κ3) is 7.41. The number of nitrogens with one attached hydrogen (secondary N) is 3. The molecular weight excluding hydrogens is 311 g/mol. The molecule has 1 aromatic rings. The zero-order chi connectivity index (χ0) is 17.8. The summed E-state index contributed by atoms with van der Waals surface area (Å²) in [5.74, 6) is 0.0281. The summed E-state index contributed by atoms with van der Waals surface area (Å²) >= 11 is 0. The fourth-order valence-electron chi connectivity index (χ4n) is 1.93. The Bertz CT molecular complexity index is 549. The summed E-state index contributed by atoms with van der Waals surface area (Å²) in [7, 11) is 1.66. The number of ether oxygens (including phenoxy) is 1. The second kappa shape index (κ2) is 11.4. The maximum Gasteiger partial charge on any atom is 0.251 e. The highest BCUT2D eigenvalue weighted by molar-refractivity contribution is 5.94. The van der Waals surface area contributed by atoms with Crippen LogP contribution in [0.3, 0.4) is 0 Å². The summed E-state index contributed by atoms with van der Waals surface area (Å²) in [5.41, 5.74) is 0.839. The van der Waals surface area contributed by atoms with Crippen LogP contribution in [0.1, 0.15) is 29.3 Å². The Morgan fingerprint density at radius 2 is 2.00 bits per heavy atom. The molecule has 0 fully saturated rings. The van der Waals surface area contributed by atoms with Gasteiger partial charge >= 0.3 is 0 Å². The second-order valence-corrected chi connectivity index (χ2v) is 5.25. The number of aryl methyl sites for hydroxylation is 1. The van der Waals surface area contributed by atoms with Gasteiger partial charge in [-0.2, -0.15) is 0 Å². The molecule has 1 amide bonds. The van der Waals surface area contributed by atoms with E-state index in [1.807, 2.05) is 6.92 Å². The molecule has 0 saturated carbocycles. The van der Waals surface area contributed by atoms with Gasteiger partial charge in [0.05, 0.1) is 0 Å². The molecule has 24 heavy (non-hydrogen) atoms. The van der Waals surface area contributed by atoms with Crippen molar-refractivity contribution < 1.29 is 13.9 Å². The van der Waals surface area contributed by atoms with Crippen molar-refractivity contribution in [1.82, 2.24) is 16.0 Å². The molecule has 0 aromatic heterocycles. The van der Waals surface area contributed by atoms with Gasteiger partial charge in [0.1, 0.15) is 5.82 Å². The predicted octanol–water partition coefficient (Wildman–Crippen LogP) is 1.46. The van der Waals surface area contributed by atoms with Gasteiger partial charge in [0.2, 0.25) is 0 Å². The molecule has 0 bridgehead atoms. The first kappa shape index (κ1) is 19.9. The number of hydrogen-bond acceptors (Lipinski definition) is 3. The lowest BCUT2D eigenvalue weighted by molar-refractivity contribution is 0.0954. The largest absolute Gasteiger partial charge is 0.385 e. The summed E-state index contributed by atoms with van der Waals surface area (Å²) in [6, 6.07) is 4.46. The minimum absolute atomic E-state index is 0.294. The molecule has 0 spiro atoms. The number of carbonyl (C=O) groups is 1. The van der Waals surface area contributed by atoms with Gasteiger partial charge < -0.3 is 20.7 Å². The lowest BCUT2D eigenvalue weighted by Gasteiger charge is -2.12. The highest BCUT2D eigenvalue weighted by Gasteiger charge is 2.07. The Morgan fingerprint density at radius 3 is 2.67 bits per heavy atom. The minimum Gasteiger partial charge on any atom is -0.385 e. The van der Waals surface area contributed by atoms with Gasteiger partial charge in [-0.15, -0.1) is 0 Å². The Labute approximate surface area is 142 Å². The number of hydrogen-bond donors (Lipinski definition) is 3. The summed E-state index contributed by atoms with van der Waals surface area (Å²) in [6.45, 7) is 6.68. The number of carbonyl (C=O) groups excluding carboxylic acids is 1. The van der Waals surface area contributed by atoms with E-state index >= 15 is 0 Å². The first-order valence-electron chi connectivity index (χ1n) is 8.14. The van der Waals surface area contributed by atoms with E-state index in [2.05, 4.69) is 20.9 Å². The van der Waals surface area contributed by atoms with Gasteiger partial charge in [-0.05, 0) is 38.0 Å². The molecule has 0 aliphatic rings. The van der Waals surface area contributed by atoms with Gasteiger partial charge in [0, 0.05) is 45.5 Å². The predicted molar refractivity (Wildman–Crippen MR) is 93.9 cm³/mol. The van der Waals surface area contributed by atoms with Crippen molar-refractivity contribution in [3.05, 3.63) is 35.1 Å². The average molecular weight is 338 g/mol. The van der Waals surface area contributed by atoms with Crippen LogP contribution in [0.5, 0.6) is 0 Å². The van der Waals surface area contributed by atoms with Crippen LogP contribution in [-0.4, -0.2) is 51.8 Å². The molecule has 0 atom stereocenters. The van der Waals surface area contributed by atoms with Crippen molar-refractivity contribution in [3.63, 3.8) is 0 Å². The van der Waals surface area contributed by atoms with Crippen molar-refractivity contribution in [3.8, 4) is 0 Å². The summed E-state index contributed by atoms with van der Waals surface area (Å²) in [4.78, 5) is 16.4. The van der Waals surface area contributed by atoms with Crippen LogP contribution in [0.25, 0.3) is 0 Å². The molecule has 0 aliphatic carbocycles. The van der Waals surface area contributed by atoms with E-state index in [1.54, 1.807) is 26.2 Å². The first-order chi connectivity index (χ1) is 11.6. The lowest BCUT2D eigenvalue weighted by atomic mass is 10.1. The molecule has 3 N–H and O–H groups in total. The van der Waals surface area contributed by atoms with Crippen LogP contribution < -0.4 is 16.0 Å². The fraction of sp³-hybridized carbons (Fsp3) is 0.529. The van der Waals surface area contributed by atoms with E-state index in [9.17, 15) is 9.18 Å². The number of amides is 1. The van der Waals surface area contributed by atoms with Crippen molar-refractivity contribution in [2.75, 3.05) is 39.9 Å². The molecule has 1 aromatic carbocycles. The topological polar surface area (TPSA) is 74.8 Å². The van der Waals surface area contributed by atoms with Crippen LogP contribution in [0.2, 0.25) is 0 Å². The van der Waals surface area contributed by atoms with Gasteiger partial charge in [-0.3, -0.25) is 9.79 Å². The minimum atomic E-state index is -0.376. The second-order valence-electron chi connectivity index (χ2n) is 5.25. The number of aliphatic imine (C=N–C) groups is 1. The first-order valence-corrected chi connectivity index (χ1v) is 8.14. The van der Waals surface area contributed by atoms with Crippen LogP contribution >= 0.6 is 0 Å². The molecule has 0 heterocycles. The van der Waals surface area contributed by atoms with Crippen molar-refractivity contribution in [1.29, 1.82) is 0 Å². The summed E-state index contributed by atoms with van der Waals surface area (Å²) in [6.07, 6.45) is 0.850. The number of halogens is 1. The molecule has 0 saturated heterocycles. The highest BCUT2D eigenvalue weighted by atomic mass is 19.1. The Hall–Kier alpha value is -2.15. The van der Waals surface area contributed by atoms with Gasteiger partial charge in [-0.1, -0.05) is 6.07 Å². The summed E-state index contributed by atoms with van der Waals surface area (Å²) < 4.78 is 18.4. The maximum absolute atomic E-state index is 13.5. The van der Waals surface area contributed by atoms with Crippen LogP contribution in [-0.2, 0) is 4.74 Å². The fourth-order valence-corrected chi connectivity index (χ4v) is 1.93. The molecule has 6 nitrogen and oxygen atoms in total. The molecule has 0 unspecified atom stereocenters. The Morgan fingerprint density at radius 1 is 1.25 bits per heavy atom. The Balaban J connectivity index is 2.36. The van der Waals surface area contributed by atoms with Gasteiger partial charge in [0.15, 0.2) is 5.96 Å². The number of guanidine groups is 1. The normalized spacial score (nSPS) is 11.2. The van der Waals surface area contributed by atoms with Crippen LogP contribution in [0.4, 0.5) is 4.39 Å². The molecule has 0 aliphatic heterocycles.